The summed E-state index contributed by atoms with van der Waals surface area (Å²) in [6, 6.07) is 15.9. The van der Waals surface area contributed by atoms with Gasteiger partial charge < -0.3 is 4.90 Å². The highest BCUT2D eigenvalue weighted by atomic mass is 32.2. The molecule has 6 heteroatoms. The number of fused-ring (bicyclic) bond motifs is 1. The van der Waals surface area contributed by atoms with Crippen LogP contribution in [0, 0.1) is 6.92 Å². The van der Waals surface area contributed by atoms with E-state index < -0.39 is 0 Å². The van der Waals surface area contributed by atoms with Gasteiger partial charge in [-0.05, 0) is 25.0 Å². The largest absolute Gasteiger partial charge is 0.303 e. The van der Waals surface area contributed by atoms with Crippen LogP contribution in [0.1, 0.15) is 42.9 Å². The van der Waals surface area contributed by atoms with Gasteiger partial charge in [-0.3, -0.25) is 14.5 Å². The molecule has 4 rings (SSSR count). The number of hydrogen-bond donors (Lipinski definition) is 0. The molecule has 0 N–H and O–H groups in total. The summed E-state index contributed by atoms with van der Waals surface area (Å²) in [5.41, 5.74) is 4.36. The van der Waals surface area contributed by atoms with Gasteiger partial charge in [0.15, 0.2) is 0 Å². The molecule has 1 fully saturated rings. The van der Waals surface area contributed by atoms with E-state index in [9.17, 15) is 9.59 Å². The molecular formula is C24H24N2O2S2. The van der Waals surface area contributed by atoms with Gasteiger partial charge in [0.2, 0.25) is 0 Å². The molecule has 2 aromatic carbocycles. The van der Waals surface area contributed by atoms with Crippen LogP contribution in [0.4, 0.5) is 5.69 Å². The number of aryl methyl sites for hydroxylation is 1. The number of benzene rings is 2. The topological polar surface area (TPSA) is 40.6 Å². The van der Waals surface area contributed by atoms with Crippen LogP contribution in [0.2, 0.25) is 0 Å². The Balaban J connectivity index is 1.69. The number of anilines is 1. The molecule has 2 aliphatic rings. The van der Waals surface area contributed by atoms with Gasteiger partial charge in [0.05, 0.1) is 22.7 Å². The standard InChI is InChI=1S/C24H24N2O2S2/c1-3-4-7-14-25-23(28)21(30-24(25)29)20-18-8-5-6-9-19(18)26(22(20)27)15-17-12-10-16(2)11-13-17/h5-6,8-13H,3-4,7,14-15H2,1-2H3/b21-20-. The number of carbonyl (C=O) groups is 2. The summed E-state index contributed by atoms with van der Waals surface area (Å²) in [7, 11) is 0. The van der Waals surface area contributed by atoms with E-state index in [1.54, 1.807) is 9.80 Å². The number of nitrogens with zero attached hydrogens (tertiary/aromatic N) is 2. The molecule has 2 aromatic rings. The number of para-hydroxylation sites is 1. The first kappa shape index (κ1) is 20.8. The second-order valence-electron chi connectivity index (χ2n) is 7.63. The van der Waals surface area contributed by atoms with Crippen molar-refractivity contribution >= 4 is 51.4 Å². The SMILES string of the molecule is CCCCCN1C(=O)/C(=C2/C(=O)N(Cc3ccc(C)cc3)c3ccccc32)SC1=S. The van der Waals surface area contributed by atoms with E-state index >= 15 is 0 Å². The lowest BCUT2D eigenvalue weighted by molar-refractivity contribution is -0.122. The minimum Gasteiger partial charge on any atom is -0.303 e. The molecule has 0 aliphatic carbocycles. The number of hydrogen-bond acceptors (Lipinski definition) is 4. The molecule has 30 heavy (non-hydrogen) atoms. The molecule has 0 unspecified atom stereocenters. The lowest BCUT2D eigenvalue weighted by Crippen LogP contribution is -2.30. The molecule has 0 aromatic heterocycles. The molecule has 2 amide bonds. The van der Waals surface area contributed by atoms with Crippen LogP contribution in [-0.2, 0) is 16.1 Å². The Bertz CT molecular complexity index is 1040. The van der Waals surface area contributed by atoms with Crippen molar-refractivity contribution in [1.82, 2.24) is 4.90 Å². The summed E-state index contributed by atoms with van der Waals surface area (Å²) in [6.45, 7) is 5.25. The Kier molecular flexibility index (Phi) is 6.06. The second-order valence-corrected chi connectivity index (χ2v) is 9.27. The van der Waals surface area contributed by atoms with Crippen LogP contribution in [-0.4, -0.2) is 27.6 Å². The first-order chi connectivity index (χ1) is 14.5. The van der Waals surface area contributed by atoms with Crippen molar-refractivity contribution in [1.29, 1.82) is 0 Å². The van der Waals surface area contributed by atoms with Crippen LogP contribution < -0.4 is 4.90 Å². The van der Waals surface area contributed by atoms with Crippen LogP contribution in [0.5, 0.6) is 0 Å². The molecule has 0 radical (unpaired) electrons. The van der Waals surface area contributed by atoms with Crippen molar-refractivity contribution in [3.63, 3.8) is 0 Å². The number of unbranched alkanes of at least 4 members (excludes halogenated alkanes) is 2. The highest BCUT2D eigenvalue weighted by Crippen LogP contribution is 2.45. The smallest absolute Gasteiger partial charge is 0.267 e. The van der Waals surface area contributed by atoms with E-state index in [4.69, 9.17) is 12.2 Å². The van der Waals surface area contributed by atoms with E-state index in [0.29, 0.717) is 27.9 Å². The van der Waals surface area contributed by atoms with E-state index in [2.05, 4.69) is 6.92 Å². The zero-order valence-electron chi connectivity index (χ0n) is 17.2. The Hall–Kier alpha value is -2.44. The molecule has 1 saturated heterocycles. The van der Waals surface area contributed by atoms with Crippen LogP contribution in [0.3, 0.4) is 0 Å². The molecular weight excluding hydrogens is 412 g/mol. The first-order valence-corrected chi connectivity index (χ1v) is 11.5. The predicted molar refractivity (Wildman–Crippen MR) is 127 cm³/mol. The fourth-order valence-corrected chi connectivity index (χ4v) is 5.17. The second kappa shape index (κ2) is 8.74. The van der Waals surface area contributed by atoms with Gasteiger partial charge in [-0.2, -0.15) is 0 Å². The Labute approximate surface area is 186 Å². The number of rotatable bonds is 6. The Morgan fingerprint density at radius 2 is 1.67 bits per heavy atom. The quantitative estimate of drug-likeness (QED) is 0.350. The van der Waals surface area contributed by atoms with Crippen molar-refractivity contribution in [2.24, 2.45) is 0 Å². The highest BCUT2D eigenvalue weighted by molar-refractivity contribution is 8.26. The fourth-order valence-electron chi connectivity index (χ4n) is 3.79. The third-order valence-electron chi connectivity index (χ3n) is 5.45. The van der Waals surface area contributed by atoms with Gasteiger partial charge in [-0.15, -0.1) is 0 Å². The molecule has 4 nitrogen and oxygen atoms in total. The van der Waals surface area contributed by atoms with Crippen molar-refractivity contribution in [2.75, 3.05) is 11.4 Å². The van der Waals surface area contributed by atoms with E-state index in [0.717, 1.165) is 36.1 Å². The van der Waals surface area contributed by atoms with Crippen molar-refractivity contribution in [3.8, 4) is 0 Å². The first-order valence-electron chi connectivity index (χ1n) is 10.3. The molecule has 0 saturated carbocycles. The van der Waals surface area contributed by atoms with Gasteiger partial charge >= 0.3 is 0 Å². The molecule has 0 spiro atoms. The molecule has 0 atom stereocenters. The van der Waals surface area contributed by atoms with Crippen LogP contribution in [0.25, 0.3) is 5.57 Å². The number of thioether (sulfide) groups is 1. The summed E-state index contributed by atoms with van der Waals surface area (Å²) < 4.78 is 0.542. The third kappa shape index (κ3) is 3.82. The van der Waals surface area contributed by atoms with E-state index in [-0.39, 0.29) is 11.8 Å². The monoisotopic (exact) mass is 436 g/mol. The molecule has 0 bridgehead atoms. The number of carbonyl (C=O) groups excluding carboxylic acids is 2. The number of thiocarbonyl (C=S) groups is 1. The van der Waals surface area contributed by atoms with E-state index in [1.807, 2.05) is 55.5 Å². The lowest BCUT2D eigenvalue weighted by Gasteiger charge is -2.17. The van der Waals surface area contributed by atoms with Gasteiger partial charge in [0, 0.05) is 12.1 Å². The van der Waals surface area contributed by atoms with Gasteiger partial charge in [0.25, 0.3) is 11.8 Å². The summed E-state index contributed by atoms with van der Waals surface area (Å²) >= 11 is 6.73. The Morgan fingerprint density at radius 1 is 0.933 bits per heavy atom. The summed E-state index contributed by atoms with van der Waals surface area (Å²) in [5.74, 6) is -0.276. The van der Waals surface area contributed by atoms with Crippen molar-refractivity contribution in [2.45, 2.75) is 39.7 Å². The summed E-state index contributed by atoms with van der Waals surface area (Å²) in [6.07, 6.45) is 3.04. The summed E-state index contributed by atoms with van der Waals surface area (Å²) in [5, 5.41) is 0. The molecule has 154 valence electrons. The summed E-state index contributed by atoms with van der Waals surface area (Å²) in [4.78, 5) is 30.5. The third-order valence-corrected chi connectivity index (χ3v) is 6.89. The molecule has 2 heterocycles. The van der Waals surface area contributed by atoms with Crippen molar-refractivity contribution in [3.05, 3.63) is 70.1 Å². The van der Waals surface area contributed by atoms with Crippen molar-refractivity contribution < 1.29 is 9.59 Å². The Morgan fingerprint density at radius 3 is 2.40 bits per heavy atom. The van der Waals surface area contributed by atoms with Crippen LogP contribution >= 0.6 is 24.0 Å². The molecule has 2 aliphatic heterocycles. The zero-order valence-corrected chi connectivity index (χ0v) is 18.8. The maximum absolute atomic E-state index is 13.5. The average Bonchev–Trinajstić information content (AvgIpc) is 3.17. The fraction of sp³-hybridized carbons (Fsp3) is 0.292. The maximum Gasteiger partial charge on any atom is 0.267 e. The van der Waals surface area contributed by atoms with Gasteiger partial charge in [-0.25, -0.2) is 0 Å². The minimum atomic E-state index is -0.142. The maximum atomic E-state index is 13.5. The zero-order chi connectivity index (χ0) is 21.3. The van der Waals surface area contributed by atoms with Crippen LogP contribution in [0.15, 0.2) is 53.4 Å². The highest BCUT2D eigenvalue weighted by Gasteiger charge is 2.41. The number of amides is 2. The van der Waals surface area contributed by atoms with Gasteiger partial charge in [-0.1, -0.05) is 91.8 Å². The lowest BCUT2D eigenvalue weighted by atomic mass is 10.1. The van der Waals surface area contributed by atoms with E-state index in [1.165, 1.54) is 17.3 Å². The average molecular weight is 437 g/mol. The van der Waals surface area contributed by atoms with Gasteiger partial charge in [0.1, 0.15) is 4.32 Å². The minimum absolute atomic E-state index is 0.133. The normalized spacial score (nSPS) is 18.5. The predicted octanol–water partition coefficient (Wildman–Crippen LogP) is 5.30.